The maximum Gasteiger partial charge on any atom is 0.451 e. The summed E-state index contributed by atoms with van der Waals surface area (Å²) in [6.45, 7) is 0. The van der Waals surface area contributed by atoms with Crippen LogP contribution in [0.5, 0.6) is 11.5 Å². The van der Waals surface area contributed by atoms with E-state index < -0.39 is 28.8 Å². The summed E-state index contributed by atoms with van der Waals surface area (Å²) in [5, 5.41) is 2.00. The van der Waals surface area contributed by atoms with E-state index in [-0.39, 0.29) is 33.9 Å². The minimum absolute atomic E-state index is 0.0733. The molecule has 0 radical (unpaired) electrons. The lowest BCUT2D eigenvalue weighted by Crippen LogP contribution is -2.13. The molecular weight excluding hydrogens is 440 g/mol. The number of fused-ring (bicyclic) bond motifs is 1. The first kappa shape index (κ1) is 21.8. The van der Waals surface area contributed by atoms with Gasteiger partial charge in [0.1, 0.15) is 5.82 Å². The van der Waals surface area contributed by atoms with E-state index in [1.165, 1.54) is 32.4 Å². The van der Waals surface area contributed by atoms with Crippen LogP contribution in [-0.4, -0.2) is 24.2 Å². The van der Waals surface area contributed by atoms with Gasteiger partial charge in [-0.1, -0.05) is 11.6 Å². The zero-order valence-corrected chi connectivity index (χ0v) is 16.0. The molecule has 160 valence electrons. The van der Waals surface area contributed by atoms with Gasteiger partial charge in [-0.25, -0.2) is 9.97 Å². The normalized spacial score (nSPS) is 12.2. The highest BCUT2D eigenvalue weighted by Gasteiger charge is 2.36. The standard InChI is InChI=1S/C18H12ClF6N3O2/c1-29-13-6-9-12(7-14(13)30-2)27-16(18(23,24)25)28-15(9)26-8-3-4-11(19)10(5-8)17(20,21)22/h3-7H,1-2H3,(H,26,27,28). The maximum atomic E-state index is 13.3. The van der Waals surface area contributed by atoms with Gasteiger partial charge in [-0.3, -0.25) is 0 Å². The van der Waals surface area contributed by atoms with E-state index in [0.29, 0.717) is 6.07 Å². The molecule has 3 aromatic rings. The highest BCUT2D eigenvalue weighted by atomic mass is 35.5. The number of aromatic nitrogens is 2. The molecule has 0 spiro atoms. The second kappa shape index (κ2) is 7.71. The van der Waals surface area contributed by atoms with Gasteiger partial charge >= 0.3 is 12.4 Å². The number of halogens is 7. The minimum atomic E-state index is -4.89. The van der Waals surface area contributed by atoms with Crippen molar-refractivity contribution in [3.05, 3.63) is 46.7 Å². The predicted molar refractivity (Wildman–Crippen MR) is 97.4 cm³/mol. The van der Waals surface area contributed by atoms with Gasteiger partial charge in [-0.05, 0) is 24.3 Å². The largest absolute Gasteiger partial charge is 0.493 e. The zero-order valence-electron chi connectivity index (χ0n) is 15.2. The summed E-state index contributed by atoms with van der Waals surface area (Å²) in [4.78, 5) is 6.95. The molecule has 0 atom stereocenters. The lowest BCUT2D eigenvalue weighted by molar-refractivity contribution is -0.144. The van der Waals surface area contributed by atoms with Crippen LogP contribution in [-0.2, 0) is 12.4 Å². The molecule has 2 aromatic carbocycles. The molecule has 0 amide bonds. The van der Waals surface area contributed by atoms with Crippen molar-refractivity contribution < 1.29 is 35.8 Å². The fourth-order valence-corrected chi connectivity index (χ4v) is 2.86. The Kier molecular flexibility index (Phi) is 5.59. The summed E-state index contributed by atoms with van der Waals surface area (Å²) in [5.74, 6) is -1.56. The van der Waals surface area contributed by atoms with Crippen LogP contribution >= 0.6 is 11.6 Å². The molecule has 1 N–H and O–H groups in total. The first-order valence-electron chi connectivity index (χ1n) is 8.08. The molecular formula is C18H12ClF6N3O2. The molecule has 0 fully saturated rings. The number of alkyl halides is 6. The molecule has 5 nitrogen and oxygen atoms in total. The first-order chi connectivity index (χ1) is 13.9. The third-order valence-electron chi connectivity index (χ3n) is 3.99. The molecule has 3 rings (SSSR count). The molecule has 1 heterocycles. The van der Waals surface area contributed by atoms with Gasteiger partial charge in [0.25, 0.3) is 0 Å². The molecule has 0 unspecified atom stereocenters. The number of hydrogen-bond acceptors (Lipinski definition) is 5. The van der Waals surface area contributed by atoms with Crippen molar-refractivity contribution in [1.82, 2.24) is 9.97 Å². The summed E-state index contributed by atoms with van der Waals surface area (Å²) in [6.07, 6.45) is -9.65. The summed E-state index contributed by atoms with van der Waals surface area (Å²) < 4.78 is 89.3. The molecule has 0 saturated heterocycles. The van der Waals surface area contributed by atoms with Crippen molar-refractivity contribution in [1.29, 1.82) is 0 Å². The van der Waals surface area contributed by atoms with Crippen LogP contribution in [0.25, 0.3) is 10.9 Å². The van der Waals surface area contributed by atoms with Crippen LogP contribution in [0.2, 0.25) is 5.02 Å². The number of anilines is 2. The van der Waals surface area contributed by atoms with E-state index in [4.69, 9.17) is 21.1 Å². The highest BCUT2D eigenvalue weighted by molar-refractivity contribution is 6.31. The Morgan fingerprint density at radius 2 is 1.50 bits per heavy atom. The van der Waals surface area contributed by atoms with Gasteiger partial charge in [0.05, 0.1) is 30.3 Å². The van der Waals surface area contributed by atoms with Crippen molar-refractivity contribution in [3.63, 3.8) is 0 Å². The molecule has 1 aromatic heterocycles. The average molecular weight is 452 g/mol. The summed E-state index contributed by atoms with van der Waals surface area (Å²) in [6, 6.07) is 5.35. The number of hydrogen-bond donors (Lipinski definition) is 1. The quantitative estimate of drug-likeness (QED) is 0.487. The average Bonchev–Trinajstić information content (AvgIpc) is 2.66. The number of rotatable bonds is 4. The maximum absolute atomic E-state index is 13.3. The lowest BCUT2D eigenvalue weighted by Gasteiger charge is -2.16. The van der Waals surface area contributed by atoms with Gasteiger partial charge < -0.3 is 14.8 Å². The van der Waals surface area contributed by atoms with Crippen LogP contribution in [0.15, 0.2) is 30.3 Å². The predicted octanol–water partition coefficient (Wildman–Crippen LogP) is 6.08. The SMILES string of the molecule is COc1cc2nc(C(F)(F)F)nc(Nc3ccc(Cl)c(C(F)(F)F)c3)c2cc1OC. The van der Waals surface area contributed by atoms with Crippen LogP contribution in [0, 0.1) is 0 Å². The van der Waals surface area contributed by atoms with Crippen LogP contribution in [0.4, 0.5) is 37.8 Å². The molecule has 0 aliphatic carbocycles. The van der Waals surface area contributed by atoms with E-state index in [0.717, 1.165) is 6.07 Å². The van der Waals surface area contributed by atoms with E-state index >= 15 is 0 Å². The van der Waals surface area contributed by atoms with E-state index in [1.807, 2.05) is 0 Å². The van der Waals surface area contributed by atoms with Crippen LogP contribution in [0.3, 0.4) is 0 Å². The topological polar surface area (TPSA) is 56.3 Å². The Morgan fingerprint density at radius 1 is 0.867 bits per heavy atom. The smallest absolute Gasteiger partial charge is 0.451 e. The van der Waals surface area contributed by atoms with Gasteiger partial charge in [0, 0.05) is 17.1 Å². The fraction of sp³-hybridized carbons (Fsp3) is 0.222. The number of methoxy groups -OCH3 is 2. The molecule has 12 heteroatoms. The van der Waals surface area contributed by atoms with Gasteiger partial charge in [-0.2, -0.15) is 26.3 Å². The van der Waals surface area contributed by atoms with E-state index in [1.54, 1.807) is 0 Å². The Balaban J connectivity index is 2.21. The molecule has 0 saturated carbocycles. The Morgan fingerprint density at radius 3 is 2.07 bits per heavy atom. The highest BCUT2D eigenvalue weighted by Crippen LogP contribution is 2.39. The van der Waals surface area contributed by atoms with Crippen molar-refractivity contribution >= 4 is 34.0 Å². The van der Waals surface area contributed by atoms with Crippen molar-refractivity contribution in [3.8, 4) is 11.5 Å². The molecule has 0 aliphatic rings. The number of ether oxygens (including phenoxy) is 2. The summed E-state index contributed by atoms with van der Waals surface area (Å²) in [5.41, 5.74) is -1.47. The second-order valence-corrected chi connectivity index (χ2v) is 6.34. The van der Waals surface area contributed by atoms with Crippen molar-refractivity contribution in [2.75, 3.05) is 19.5 Å². The molecule has 0 aliphatic heterocycles. The molecule has 0 bridgehead atoms. The molecule has 30 heavy (non-hydrogen) atoms. The number of benzene rings is 2. The van der Waals surface area contributed by atoms with E-state index in [9.17, 15) is 26.3 Å². The summed E-state index contributed by atoms with van der Waals surface area (Å²) >= 11 is 5.58. The number of nitrogens with one attached hydrogen (secondary N) is 1. The second-order valence-electron chi connectivity index (χ2n) is 5.94. The third kappa shape index (κ3) is 4.30. The first-order valence-corrected chi connectivity index (χ1v) is 8.46. The van der Waals surface area contributed by atoms with E-state index in [2.05, 4.69) is 15.3 Å². The third-order valence-corrected chi connectivity index (χ3v) is 4.32. The van der Waals surface area contributed by atoms with Crippen molar-refractivity contribution in [2.24, 2.45) is 0 Å². The van der Waals surface area contributed by atoms with Crippen molar-refractivity contribution in [2.45, 2.75) is 12.4 Å². The Bertz CT molecular complexity index is 1100. The Hall–Kier alpha value is -2.95. The lowest BCUT2D eigenvalue weighted by atomic mass is 10.1. The number of nitrogens with zero attached hydrogens (tertiary/aromatic N) is 2. The zero-order chi connectivity index (χ0) is 22.3. The summed E-state index contributed by atoms with van der Waals surface area (Å²) in [7, 11) is 2.61. The fourth-order valence-electron chi connectivity index (χ4n) is 2.63. The monoisotopic (exact) mass is 451 g/mol. The van der Waals surface area contributed by atoms with Gasteiger partial charge in [0.15, 0.2) is 11.5 Å². The Labute approximate surface area is 170 Å². The van der Waals surface area contributed by atoms with Crippen LogP contribution < -0.4 is 14.8 Å². The van der Waals surface area contributed by atoms with Gasteiger partial charge in [-0.15, -0.1) is 0 Å². The van der Waals surface area contributed by atoms with Gasteiger partial charge in [0.2, 0.25) is 5.82 Å². The minimum Gasteiger partial charge on any atom is -0.493 e. The van der Waals surface area contributed by atoms with Crippen LogP contribution in [0.1, 0.15) is 11.4 Å².